The lowest BCUT2D eigenvalue weighted by molar-refractivity contribution is -0.149. The van der Waals surface area contributed by atoms with Crippen LogP contribution in [0.3, 0.4) is 0 Å². The summed E-state index contributed by atoms with van der Waals surface area (Å²) in [6.45, 7) is 0.898. The molecule has 0 bridgehead atoms. The van der Waals surface area contributed by atoms with Gasteiger partial charge in [-0.25, -0.2) is 10.2 Å². The highest BCUT2D eigenvalue weighted by Gasteiger charge is 2.38. The van der Waals surface area contributed by atoms with Crippen LogP contribution in [0.2, 0.25) is 0 Å². The molecule has 1 aliphatic rings. The van der Waals surface area contributed by atoms with Crippen LogP contribution in [0.15, 0.2) is 0 Å². The SMILES string of the molecule is CC(=O)NN[C@@H](CO)C(=O)N[C@@H](CC(=O)O)C(=O)N[C@@H](CCCCN)C(=O)N1CCC[C@H]1C(=O)O. The number of nitrogens with two attached hydrogens (primary N) is 1. The molecule has 9 N–H and O–H groups in total. The molecule has 1 rings (SSSR count). The maximum atomic E-state index is 13.1. The smallest absolute Gasteiger partial charge is 0.326 e. The highest BCUT2D eigenvalue weighted by Crippen LogP contribution is 2.20. The van der Waals surface area contributed by atoms with Crippen LogP contribution in [0.4, 0.5) is 0 Å². The molecular formula is C20H34N6O9. The fraction of sp³-hybridized carbons (Fsp3) is 0.700. The molecule has 0 aromatic carbocycles. The summed E-state index contributed by atoms with van der Waals surface area (Å²) < 4.78 is 0. The second-order valence-electron chi connectivity index (χ2n) is 8.09. The second-order valence-corrected chi connectivity index (χ2v) is 8.09. The van der Waals surface area contributed by atoms with Crippen molar-refractivity contribution < 1.29 is 44.1 Å². The standard InChI is InChI=1S/C20H34N6O9/c1-11(28)24-25-14(10-27)18(32)23-13(9-16(29)30)17(31)22-12(5-2-3-7-21)19(33)26-8-4-6-15(26)20(34)35/h12-15,25,27H,2-10,21H2,1H3,(H,22,31)(H,23,32)(H,24,28)(H,29,30)(H,34,35)/t12-,13-,14-,15-/m0/s1. The van der Waals surface area contributed by atoms with E-state index in [-0.39, 0.29) is 19.4 Å². The zero-order valence-electron chi connectivity index (χ0n) is 19.5. The summed E-state index contributed by atoms with van der Waals surface area (Å²) in [4.78, 5) is 73.4. The molecule has 0 saturated carbocycles. The number of carboxylic acids is 2. The predicted octanol–water partition coefficient (Wildman–Crippen LogP) is -3.36. The number of hydrogen-bond acceptors (Lipinski definition) is 9. The minimum absolute atomic E-state index is 0.127. The van der Waals surface area contributed by atoms with E-state index in [9.17, 15) is 44.1 Å². The van der Waals surface area contributed by atoms with Crippen molar-refractivity contribution in [3.63, 3.8) is 0 Å². The van der Waals surface area contributed by atoms with E-state index in [2.05, 4.69) is 21.5 Å². The lowest BCUT2D eigenvalue weighted by atomic mass is 10.1. The van der Waals surface area contributed by atoms with Gasteiger partial charge in [-0.15, -0.1) is 0 Å². The van der Waals surface area contributed by atoms with Crippen LogP contribution < -0.4 is 27.2 Å². The third kappa shape index (κ3) is 9.84. The summed E-state index contributed by atoms with van der Waals surface area (Å²) >= 11 is 0. The molecule has 4 atom stereocenters. The van der Waals surface area contributed by atoms with Crippen molar-refractivity contribution >= 4 is 35.6 Å². The van der Waals surface area contributed by atoms with Crippen molar-refractivity contribution in [2.75, 3.05) is 19.7 Å². The van der Waals surface area contributed by atoms with Crippen molar-refractivity contribution in [2.24, 2.45) is 5.73 Å². The van der Waals surface area contributed by atoms with E-state index in [0.717, 1.165) is 6.92 Å². The van der Waals surface area contributed by atoms with Gasteiger partial charge in [0.1, 0.15) is 24.2 Å². The molecule has 1 fully saturated rings. The van der Waals surface area contributed by atoms with Crippen LogP contribution in [0.5, 0.6) is 0 Å². The molecule has 0 spiro atoms. The van der Waals surface area contributed by atoms with E-state index in [4.69, 9.17) is 5.73 Å². The Hall–Kier alpha value is -3.30. The lowest BCUT2D eigenvalue weighted by Gasteiger charge is -2.29. The molecule has 0 unspecified atom stereocenters. The molecule has 15 nitrogen and oxygen atoms in total. The molecule has 0 aliphatic carbocycles. The number of hydrazine groups is 1. The monoisotopic (exact) mass is 502 g/mol. The average molecular weight is 503 g/mol. The van der Waals surface area contributed by atoms with Gasteiger partial charge in [0.25, 0.3) is 0 Å². The highest BCUT2D eigenvalue weighted by molar-refractivity contribution is 5.95. The predicted molar refractivity (Wildman–Crippen MR) is 119 cm³/mol. The van der Waals surface area contributed by atoms with E-state index in [1.54, 1.807) is 0 Å². The molecule has 198 valence electrons. The number of carbonyl (C=O) groups excluding carboxylic acids is 4. The second kappa shape index (κ2) is 14.9. The molecule has 0 aromatic rings. The van der Waals surface area contributed by atoms with Gasteiger partial charge < -0.3 is 36.6 Å². The minimum Gasteiger partial charge on any atom is -0.481 e. The molecular weight excluding hydrogens is 468 g/mol. The molecule has 15 heteroatoms. The van der Waals surface area contributed by atoms with Crippen molar-refractivity contribution in [3.05, 3.63) is 0 Å². The number of unbranched alkanes of at least 4 members (excludes halogenated alkanes) is 1. The summed E-state index contributed by atoms with van der Waals surface area (Å²) in [7, 11) is 0. The van der Waals surface area contributed by atoms with Gasteiger partial charge in [-0.05, 0) is 38.6 Å². The van der Waals surface area contributed by atoms with Gasteiger partial charge in [0.15, 0.2) is 0 Å². The third-order valence-corrected chi connectivity index (χ3v) is 5.32. The minimum atomic E-state index is -1.62. The Labute approximate surface area is 201 Å². The quantitative estimate of drug-likeness (QED) is 0.0812. The summed E-state index contributed by atoms with van der Waals surface area (Å²) in [6, 6.07) is -5.19. The van der Waals surface area contributed by atoms with Crippen LogP contribution in [-0.2, 0) is 28.8 Å². The largest absolute Gasteiger partial charge is 0.481 e. The summed E-state index contributed by atoms with van der Waals surface area (Å²) in [5, 5.41) is 32.6. The fourth-order valence-electron chi connectivity index (χ4n) is 3.55. The van der Waals surface area contributed by atoms with Crippen molar-refractivity contribution in [2.45, 2.75) is 69.6 Å². The normalized spacial score (nSPS) is 17.7. The zero-order chi connectivity index (χ0) is 26.5. The number of nitrogens with zero attached hydrogens (tertiary/aromatic N) is 1. The molecule has 4 amide bonds. The van der Waals surface area contributed by atoms with Crippen molar-refractivity contribution in [1.29, 1.82) is 0 Å². The van der Waals surface area contributed by atoms with Gasteiger partial charge in [-0.2, -0.15) is 0 Å². The van der Waals surface area contributed by atoms with Crippen LogP contribution in [0, 0.1) is 0 Å². The number of likely N-dealkylation sites (tertiary alicyclic amines) is 1. The van der Waals surface area contributed by atoms with Gasteiger partial charge in [0.2, 0.25) is 23.6 Å². The van der Waals surface area contributed by atoms with Crippen molar-refractivity contribution in [3.8, 4) is 0 Å². The number of rotatable bonds is 15. The first-order valence-electron chi connectivity index (χ1n) is 11.2. The highest BCUT2D eigenvalue weighted by atomic mass is 16.4. The van der Waals surface area contributed by atoms with Crippen LogP contribution in [0.1, 0.15) is 45.4 Å². The molecule has 35 heavy (non-hydrogen) atoms. The number of carboxylic acid groups (broad SMARTS) is 2. The van der Waals surface area contributed by atoms with E-state index < -0.39 is 72.8 Å². The van der Waals surface area contributed by atoms with Crippen LogP contribution >= 0.6 is 0 Å². The number of aliphatic carboxylic acids is 2. The number of nitrogens with one attached hydrogen (secondary N) is 4. The first-order chi connectivity index (χ1) is 16.5. The first-order valence-corrected chi connectivity index (χ1v) is 11.2. The van der Waals surface area contributed by atoms with Gasteiger partial charge >= 0.3 is 11.9 Å². The molecule has 1 aliphatic heterocycles. The lowest BCUT2D eigenvalue weighted by Crippen LogP contribution is -2.59. The zero-order valence-corrected chi connectivity index (χ0v) is 19.5. The summed E-state index contributed by atoms with van der Waals surface area (Å²) in [6.07, 6.45) is 1.01. The topological polar surface area (TPSA) is 240 Å². The van der Waals surface area contributed by atoms with Gasteiger partial charge in [0.05, 0.1) is 13.0 Å². The van der Waals surface area contributed by atoms with E-state index in [1.165, 1.54) is 4.90 Å². The third-order valence-electron chi connectivity index (χ3n) is 5.32. The Morgan fingerprint density at radius 1 is 1.00 bits per heavy atom. The Bertz CT molecular complexity index is 793. The first kappa shape index (κ1) is 29.7. The van der Waals surface area contributed by atoms with Gasteiger partial charge in [-0.1, -0.05) is 0 Å². The molecule has 1 heterocycles. The van der Waals surface area contributed by atoms with Crippen LogP contribution in [0.25, 0.3) is 0 Å². The van der Waals surface area contributed by atoms with Crippen molar-refractivity contribution in [1.82, 2.24) is 26.4 Å². The molecule has 0 radical (unpaired) electrons. The van der Waals surface area contributed by atoms with Gasteiger partial charge in [0, 0.05) is 13.5 Å². The fourth-order valence-corrected chi connectivity index (χ4v) is 3.55. The summed E-state index contributed by atoms with van der Waals surface area (Å²) in [5.74, 6) is -5.72. The Balaban J connectivity index is 3.01. The van der Waals surface area contributed by atoms with E-state index in [0.29, 0.717) is 25.8 Å². The number of aliphatic hydroxyl groups is 1. The van der Waals surface area contributed by atoms with E-state index >= 15 is 0 Å². The maximum Gasteiger partial charge on any atom is 0.326 e. The number of carbonyl (C=O) groups is 6. The number of aliphatic hydroxyl groups excluding tert-OH is 1. The van der Waals surface area contributed by atoms with E-state index in [1.807, 2.05) is 0 Å². The van der Waals surface area contributed by atoms with Gasteiger partial charge in [-0.3, -0.25) is 29.4 Å². The Kier molecular flexibility index (Phi) is 12.6. The Morgan fingerprint density at radius 2 is 1.63 bits per heavy atom. The number of hydrogen-bond donors (Lipinski definition) is 8. The average Bonchev–Trinajstić information content (AvgIpc) is 3.27. The molecule has 1 saturated heterocycles. The Morgan fingerprint density at radius 3 is 2.17 bits per heavy atom. The maximum absolute atomic E-state index is 13.1. The molecule has 0 aromatic heterocycles. The summed E-state index contributed by atoms with van der Waals surface area (Å²) in [5.41, 5.74) is 9.84. The number of amides is 4. The van der Waals surface area contributed by atoms with Crippen LogP contribution in [-0.4, -0.2) is 99.7 Å².